The summed E-state index contributed by atoms with van der Waals surface area (Å²) in [6.07, 6.45) is 3.72. The Kier molecular flexibility index (Phi) is 4.83. The van der Waals surface area contributed by atoms with E-state index in [1.54, 1.807) is 6.08 Å². The van der Waals surface area contributed by atoms with Gasteiger partial charge in [0.1, 0.15) is 0 Å². The molecular weight excluding hydrogens is 208 g/mol. The van der Waals surface area contributed by atoms with E-state index in [0.717, 1.165) is 12.2 Å². The molecular formula is C10H16N4S. The van der Waals surface area contributed by atoms with Gasteiger partial charge in [-0.3, -0.25) is 4.68 Å². The average Bonchev–Trinajstić information content (AvgIpc) is 2.71. The van der Waals surface area contributed by atoms with Gasteiger partial charge in [0.25, 0.3) is 0 Å². The molecule has 4 nitrogen and oxygen atoms in total. The summed E-state index contributed by atoms with van der Waals surface area (Å²) in [5.41, 5.74) is 0.986. The maximum atomic E-state index is 5.05. The Balaban J connectivity index is 2.30. The molecule has 0 aliphatic rings. The maximum absolute atomic E-state index is 5.05. The van der Waals surface area contributed by atoms with Crippen LogP contribution in [0.5, 0.6) is 0 Å². The summed E-state index contributed by atoms with van der Waals surface area (Å²) in [6.45, 7) is 7.87. The first-order valence-corrected chi connectivity index (χ1v) is 5.32. The molecule has 0 bridgehead atoms. The minimum atomic E-state index is 0.626. The molecule has 0 atom stereocenters. The van der Waals surface area contributed by atoms with E-state index in [0.29, 0.717) is 18.2 Å². The van der Waals surface area contributed by atoms with Gasteiger partial charge in [0.2, 0.25) is 0 Å². The Labute approximate surface area is 95.4 Å². The number of hydrogen-bond acceptors (Lipinski definition) is 2. The van der Waals surface area contributed by atoms with Crippen molar-refractivity contribution in [2.45, 2.75) is 20.0 Å². The highest BCUT2D eigenvalue weighted by Gasteiger charge is 1.98. The monoisotopic (exact) mass is 224 g/mol. The fourth-order valence-corrected chi connectivity index (χ4v) is 1.23. The van der Waals surface area contributed by atoms with Crippen LogP contribution in [0.15, 0.2) is 24.9 Å². The van der Waals surface area contributed by atoms with Gasteiger partial charge >= 0.3 is 0 Å². The normalized spacial score (nSPS) is 9.67. The molecule has 0 amide bonds. The van der Waals surface area contributed by atoms with Crippen LogP contribution in [-0.2, 0) is 13.1 Å². The minimum absolute atomic E-state index is 0.626. The average molecular weight is 224 g/mol. The third-order valence-electron chi connectivity index (χ3n) is 1.86. The lowest BCUT2D eigenvalue weighted by molar-refractivity contribution is 0.642. The molecule has 1 heterocycles. The molecule has 0 aliphatic heterocycles. The highest BCUT2D eigenvalue weighted by Crippen LogP contribution is 1.94. The number of rotatable bonds is 5. The van der Waals surface area contributed by atoms with Crippen molar-refractivity contribution in [1.82, 2.24) is 20.4 Å². The van der Waals surface area contributed by atoms with Crippen molar-refractivity contribution in [2.24, 2.45) is 0 Å². The Morgan fingerprint density at radius 3 is 3.07 bits per heavy atom. The predicted molar refractivity (Wildman–Crippen MR) is 65.5 cm³/mol. The van der Waals surface area contributed by atoms with Crippen LogP contribution in [0.25, 0.3) is 0 Å². The van der Waals surface area contributed by atoms with E-state index in [2.05, 4.69) is 29.2 Å². The minimum Gasteiger partial charge on any atom is -0.359 e. The van der Waals surface area contributed by atoms with Gasteiger partial charge in [-0.2, -0.15) is 5.10 Å². The number of aryl methyl sites for hydroxylation is 1. The zero-order valence-electron chi connectivity index (χ0n) is 8.86. The molecule has 1 aromatic heterocycles. The molecule has 5 heteroatoms. The lowest BCUT2D eigenvalue weighted by Gasteiger charge is -2.06. The number of hydrogen-bond donors (Lipinski definition) is 2. The van der Waals surface area contributed by atoms with Crippen molar-refractivity contribution < 1.29 is 0 Å². The summed E-state index contributed by atoms with van der Waals surface area (Å²) in [5.74, 6) is 0. The van der Waals surface area contributed by atoms with E-state index in [1.807, 2.05) is 16.9 Å². The molecule has 82 valence electrons. The number of thiocarbonyl (C=S) groups is 1. The number of aromatic nitrogens is 2. The van der Waals surface area contributed by atoms with Gasteiger partial charge in [-0.15, -0.1) is 6.58 Å². The summed E-state index contributed by atoms with van der Waals surface area (Å²) in [5, 5.41) is 11.0. The third kappa shape index (κ3) is 4.12. The van der Waals surface area contributed by atoms with Crippen LogP contribution in [-0.4, -0.2) is 21.4 Å². The smallest absolute Gasteiger partial charge is 0.166 e. The van der Waals surface area contributed by atoms with Crippen LogP contribution in [0.3, 0.4) is 0 Å². The third-order valence-corrected chi connectivity index (χ3v) is 2.15. The second kappa shape index (κ2) is 6.19. The first kappa shape index (κ1) is 11.7. The van der Waals surface area contributed by atoms with Gasteiger partial charge in [0.05, 0.1) is 12.2 Å². The standard InChI is InChI=1S/C10H16N4S/c1-3-6-11-10(15)12-8-9-5-7-14(4-2)13-9/h3,5,7H,1,4,6,8H2,2H3,(H2,11,12,15). The second-order valence-corrected chi connectivity index (χ2v) is 3.42. The molecule has 0 aliphatic carbocycles. The highest BCUT2D eigenvalue weighted by molar-refractivity contribution is 7.80. The molecule has 0 saturated carbocycles. The van der Waals surface area contributed by atoms with Crippen LogP contribution >= 0.6 is 12.2 Å². The summed E-state index contributed by atoms with van der Waals surface area (Å²) < 4.78 is 1.89. The van der Waals surface area contributed by atoms with Crippen molar-refractivity contribution in [1.29, 1.82) is 0 Å². The lowest BCUT2D eigenvalue weighted by atomic mass is 10.4. The fraction of sp³-hybridized carbons (Fsp3) is 0.400. The van der Waals surface area contributed by atoms with E-state index >= 15 is 0 Å². The zero-order chi connectivity index (χ0) is 11.1. The van der Waals surface area contributed by atoms with Crippen molar-refractivity contribution >= 4 is 17.3 Å². The second-order valence-electron chi connectivity index (χ2n) is 3.02. The summed E-state index contributed by atoms with van der Waals surface area (Å²) in [6, 6.07) is 1.98. The SMILES string of the molecule is C=CCNC(=S)NCc1ccn(CC)n1. The van der Waals surface area contributed by atoms with Gasteiger partial charge < -0.3 is 10.6 Å². The predicted octanol–water partition coefficient (Wildman–Crippen LogP) is 1.05. The summed E-state index contributed by atoms with van der Waals surface area (Å²) >= 11 is 5.05. The quantitative estimate of drug-likeness (QED) is 0.579. The first-order chi connectivity index (χ1) is 7.26. The zero-order valence-corrected chi connectivity index (χ0v) is 9.68. The molecule has 0 spiro atoms. The molecule has 1 aromatic rings. The lowest BCUT2D eigenvalue weighted by Crippen LogP contribution is -2.34. The Hall–Kier alpha value is -1.36. The van der Waals surface area contributed by atoms with Gasteiger partial charge in [0, 0.05) is 19.3 Å². The van der Waals surface area contributed by atoms with Crippen LogP contribution in [0.2, 0.25) is 0 Å². The van der Waals surface area contributed by atoms with E-state index in [9.17, 15) is 0 Å². The number of nitrogens with one attached hydrogen (secondary N) is 2. The van der Waals surface area contributed by atoms with Crippen molar-refractivity contribution in [3.8, 4) is 0 Å². The maximum Gasteiger partial charge on any atom is 0.166 e. The van der Waals surface area contributed by atoms with Crippen LogP contribution in [0.4, 0.5) is 0 Å². The molecule has 0 aromatic carbocycles. The molecule has 0 fully saturated rings. The molecule has 0 unspecified atom stereocenters. The van der Waals surface area contributed by atoms with E-state index in [-0.39, 0.29) is 0 Å². The van der Waals surface area contributed by atoms with Gasteiger partial charge in [-0.05, 0) is 25.2 Å². The summed E-state index contributed by atoms with van der Waals surface area (Å²) in [7, 11) is 0. The summed E-state index contributed by atoms with van der Waals surface area (Å²) in [4.78, 5) is 0. The topological polar surface area (TPSA) is 41.9 Å². The first-order valence-electron chi connectivity index (χ1n) is 4.91. The van der Waals surface area contributed by atoms with E-state index in [4.69, 9.17) is 12.2 Å². The fourth-order valence-electron chi connectivity index (χ4n) is 1.07. The van der Waals surface area contributed by atoms with E-state index < -0.39 is 0 Å². The number of nitrogens with zero attached hydrogens (tertiary/aromatic N) is 2. The van der Waals surface area contributed by atoms with Crippen LogP contribution in [0.1, 0.15) is 12.6 Å². The molecule has 0 saturated heterocycles. The van der Waals surface area contributed by atoms with Crippen molar-refractivity contribution in [2.75, 3.05) is 6.54 Å². The largest absolute Gasteiger partial charge is 0.359 e. The van der Waals surface area contributed by atoms with Gasteiger partial charge in [0.15, 0.2) is 5.11 Å². The van der Waals surface area contributed by atoms with Gasteiger partial charge in [-0.1, -0.05) is 6.08 Å². The van der Waals surface area contributed by atoms with Crippen molar-refractivity contribution in [3.05, 3.63) is 30.6 Å². The molecule has 0 radical (unpaired) electrons. The highest BCUT2D eigenvalue weighted by atomic mass is 32.1. The van der Waals surface area contributed by atoms with Crippen LogP contribution in [0, 0.1) is 0 Å². The van der Waals surface area contributed by atoms with Crippen molar-refractivity contribution in [3.63, 3.8) is 0 Å². The van der Waals surface area contributed by atoms with Gasteiger partial charge in [-0.25, -0.2) is 0 Å². The Morgan fingerprint density at radius 1 is 1.67 bits per heavy atom. The Bertz CT molecular complexity index is 332. The molecule has 15 heavy (non-hydrogen) atoms. The van der Waals surface area contributed by atoms with E-state index in [1.165, 1.54) is 0 Å². The Morgan fingerprint density at radius 2 is 2.47 bits per heavy atom. The molecule has 2 N–H and O–H groups in total. The molecule has 1 rings (SSSR count). The van der Waals surface area contributed by atoms with Crippen LogP contribution < -0.4 is 10.6 Å².